The smallest absolute Gasteiger partial charge is 0.250 e. The third kappa shape index (κ3) is 3.72. The maximum absolute atomic E-state index is 11.9. The maximum Gasteiger partial charge on any atom is 0.250 e. The molecule has 0 spiro atoms. The molecule has 0 aromatic heterocycles. The first kappa shape index (κ1) is 11.6. The second kappa shape index (κ2) is 5.41. The molecule has 1 rings (SSSR count). The fraction of sp³-hybridized carbons (Fsp3) is 0.400. The molecule has 1 atom stereocenters. The second-order valence-electron chi connectivity index (χ2n) is 3.07. The summed E-state index contributed by atoms with van der Waals surface area (Å²) in [6.07, 6.45) is -2.30. The maximum atomic E-state index is 11.9. The van der Waals surface area contributed by atoms with Crippen molar-refractivity contribution in [1.29, 1.82) is 0 Å². The van der Waals surface area contributed by atoms with Crippen LogP contribution in [0.3, 0.4) is 0 Å². The van der Waals surface area contributed by atoms with E-state index in [1.54, 1.807) is 0 Å². The Morgan fingerprint density at radius 3 is 2.36 bits per heavy atom. The van der Waals surface area contributed by atoms with E-state index in [4.69, 9.17) is 0 Å². The lowest BCUT2D eigenvalue weighted by Gasteiger charge is -2.13. The Labute approximate surface area is 90.6 Å². The minimum Gasteiger partial charge on any atom is -0.305 e. The van der Waals surface area contributed by atoms with Gasteiger partial charge in [-0.25, -0.2) is 8.78 Å². The van der Waals surface area contributed by atoms with Crippen LogP contribution in [0.1, 0.15) is 18.5 Å². The van der Waals surface area contributed by atoms with Crippen LogP contribution in [-0.2, 0) is 0 Å². The minimum atomic E-state index is -2.30. The van der Waals surface area contributed by atoms with Crippen molar-refractivity contribution in [2.24, 2.45) is 0 Å². The van der Waals surface area contributed by atoms with Gasteiger partial charge in [0, 0.05) is 10.5 Å². The Bertz CT molecular complexity index is 274. The molecule has 0 aliphatic heterocycles. The van der Waals surface area contributed by atoms with Gasteiger partial charge in [-0.2, -0.15) is 0 Å². The van der Waals surface area contributed by atoms with E-state index in [2.05, 4.69) is 21.2 Å². The van der Waals surface area contributed by atoms with Gasteiger partial charge in [0.25, 0.3) is 6.43 Å². The Balaban J connectivity index is 2.52. The van der Waals surface area contributed by atoms with Crippen LogP contribution < -0.4 is 5.32 Å². The van der Waals surface area contributed by atoms with Gasteiger partial charge in [-0.1, -0.05) is 28.1 Å². The number of hydrogen-bond donors (Lipinski definition) is 1. The molecule has 0 saturated carbocycles. The first-order valence-electron chi connectivity index (χ1n) is 4.36. The minimum absolute atomic E-state index is 0.0444. The zero-order chi connectivity index (χ0) is 10.6. The van der Waals surface area contributed by atoms with Crippen LogP contribution in [0.15, 0.2) is 28.7 Å². The van der Waals surface area contributed by atoms with Gasteiger partial charge in [0.15, 0.2) is 0 Å². The molecule has 1 aromatic rings. The van der Waals surface area contributed by atoms with Crippen molar-refractivity contribution in [1.82, 2.24) is 5.32 Å². The van der Waals surface area contributed by atoms with Crippen LogP contribution in [0.2, 0.25) is 0 Å². The van der Waals surface area contributed by atoms with Crippen molar-refractivity contribution in [3.8, 4) is 0 Å². The summed E-state index contributed by atoms with van der Waals surface area (Å²) in [6, 6.07) is 7.57. The second-order valence-corrected chi connectivity index (χ2v) is 3.99. The van der Waals surface area contributed by atoms with Gasteiger partial charge in [0.1, 0.15) is 0 Å². The lowest BCUT2D eigenvalue weighted by molar-refractivity contribution is 0.142. The lowest BCUT2D eigenvalue weighted by Crippen LogP contribution is -2.24. The highest BCUT2D eigenvalue weighted by Gasteiger charge is 2.07. The third-order valence-corrected chi connectivity index (χ3v) is 2.48. The Hall–Kier alpha value is -0.480. The fourth-order valence-corrected chi connectivity index (χ4v) is 1.40. The number of alkyl halides is 2. The third-order valence-electron chi connectivity index (χ3n) is 1.95. The van der Waals surface area contributed by atoms with Gasteiger partial charge in [0.2, 0.25) is 0 Å². The summed E-state index contributed by atoms with van der Waals surface area (Å²) in [7, 11) is 0. The van der Waals surface area contributed by atoms with Gasteiger partial charge < -0.3 is 5.32 Å². The van der Waals surface area contributed by atoms with Gasteiger partial charge in [-0.05, 0) is 24.6 Å². The molecule has 0 heterocycles. The van der Waals surface area contributed by atoms with E-state index in [9.17, 15) is 8.78 Å². The van der Waals surface area contributed by atoms with Crippen molar-refractivity contribution in [2.75, 3.05) is 6.54 Å². The van der Waals surface area contributed by atoms with Gasteiger partial charge in [-0.3, -0.25) is 0 Å². The highest BCUT2D eigenvalue weighted by molar-refractivity contribution is 9.10. The van der Waals surface area contributed by atoms with E-state index in [1.807, 2.05) is 31.2 Å². The van der Waals surface area contributed by atoms with Gasteiger partial charge >= 0.3 is 0 Å². The molecule has 4 heteroatoms. The molecule has 0 amide bonds. The number of halogens is 3. The summed E-state index contributed by atoms with van der Waals surface area (Å²) in [4.78, 5) is 0. The van der Waals surface area contributed by atoms with Crippen molar-refractivity contribution < 1.29 is 8.78 Å². The summed E-state index contributed by atoms with van der Waals surface area (Å²) < 4.78 is 24.8. The van der Waals surface area contributed by atoms with Crippen molar-refractivity contribution in [2.45, 2.75) is 19.4 Å². The number of hydrogen-bond acceptors (Lipinski definition) is 1. The van der Waals surface area contributed by atoms with Crippen molar-refractivity contribution in [3.05, 3.63) is 34.3 Å². The Morgan fingerprint density at radius 2 is 1.86 bits per heavy atom. The fourth-order valence-electron chi connectivity index (χ4n) is 1.14. The number of nitrogens with one attached hydrogen (secondary N) is 1. The van der Waals surface area contributed by atoms with Crippen LogP contribution >= 0.6 is 15.9 Å². The number of rotatable bonds is 4. The zero-order valence-corrected chi connectivity index (χ0v) is 9.39. The zero-order valence-electron chi connectivity index (χ0n) is 7.81. The molecule has 0 radical (unpaired) electrons. The molecule has 0 aliphatic rings. The monoisotopic (exact) mass is 263 g/mol. The quantitative estimate of drug-likeness (QED) is 0.879. The molecule has 1 N–H and O–H groups in total. The Kier molecular flexibility index (Phi) is 4.48. The molecule has 1 nitrogen and oxygen atoms in total. The standard InChI is InChI=1S/C10H12BrF2N/c1-7(14-6-10(12)13)8-2-4-9(11)5-3-8/h2-5,7,10,14H,6H2,1H3/t7-/m1/s1. The highest BCUT2D eigenvalue weighted by Crippen LogP contribution is 2.16. The summed E-state index contributed by atoms with van der Waals surface area (Å²) in [5.41, 5.74) is 1.01. The topological polar surface area (TPSA) is 12.0 Å². The summed E-state index contributed by atoms with van der Waals surface area (Å²) in [5.74, 6) is 0. The summed E-state index contributed by atoms with van der Waals surface area (Å²) in [6.45, 7) is 1.60. The highest BCUT2D eigenvalue weighted by atomic mass is 79.9. The molecule has 0 bridgehead atoms. The van der Waals surface area contributed by atoms with Gasteiger partial charge in [0.05, 0.1) is 6.54 Å². The molecule has 0 aliphatic carbocycles. The predicted octanol–water partition coefficient (Wildman–Crippen LogP) is 3.36. The average molecular weight is 264 g/mol. The van der Waals surface area contributed by atoms with E-state index in [0.29, 0.717) is 0 Å². The van der Waals surface area contributed by atoms with Crippen LogP contribution in [0, 0.1) is 0 Å². The first-order chi connectivity index (χ1) is 6.59. The van der Waals surface area contributed by atoms with Crippen LogP contribution in [0.5, 0.6) is 0 Å². The molecule has 78 valence electrons. The molecule has 0 fully saturated rings. The molecular formula is C10H12BrF2N. The molecule has 0 saturated heterocycles. The first-order valence-corrected chi connectivity index (χ1v) is 5.16. The van der Waals surface area contributed by atoms with Crippen LogP contribution in [0.4, 0.5) is 8.78 Å². The van der Waals surface area contributed by atoms with E-state index in [-0.39, 0.29) is 12.6 Å². The summed E-state index contributed by atoms with van der Waals surface area (Å²) >= 11 is 3.32. The average Bonchev–Trinajstić information content (AvgIpc) is 2.15. The Morgan fingerprint density at radius 1 is 1.29 bits per heavy atom. The van der Waals surface area contributed by atoms with E-state index >= 15 is 0 Å². The predicted molar refractivity (Wildman–Crippen MR) is 56.6 cm³/mol. The van der Waals surface area contributed by atoms with E-state index in [0.717, 1.165) is 10.0 Å². The molecular weight excluding hydrogens is 252 g/mol. The largest absolute Gasteiger partial charge is 0.305 e. The van der Waals surface area contributed by atoms with Crippen LogP contribution in [-0.4, -0.2) is 13.0 Å². The normalized spacial score (nSPS) is 13.2. The SMILES string of the molecule is C[C@@H](NCC(F)F)c1ccc(Br)cc1. The molecule has 0 unspecified atom stereocenters. The van der Waals surface area contributed by atoms with Crippen molar-refractivity contribution >= 4 is 15.9 Å². The molecule has 1 aromatic carbocycles. The van der Waals surface area contributed by atoms with Gasteiger partial charge in [-0.15, -0.1) is 0 Å². The van der Waals surface area contributed by atoms with E-state index < -0.39 is 6.43 Å². The van der Waals surface area contributed by atoms with Crippen molar-refractivity contribution in [3.63, 3.8) is 0 Å². The number of benzene rings is 1. The van der Waals surface area contributed by atoms with Crippen LogP contribution in [0.25, 0.3) is 0 Å². The lowest BCUT2D eigenvalue weighted by atomic mass is 10.1. The van der Waals surface area contributed by atoms with E-state index in [1.165, 1.54) is 0 Å². The molecule has 14 heavy (non-hydrogen) atoms. The summed E-state index contributed by atoms with van der Waals surface area (Å²) in [5, 5.41) is 2.75.